The molecule has 1 aliphatic rings. The molecular formula is C14H17F3N2O3. The molecule has 1 aliphatic heterocycles. The third-order valence-corrected chi connectivity index (χ3v) is 3.93. The predicted molar refractivity (Wildman–Crippen MR) is 75.0 cm³/mol. The second kappa shape index (κ2) is 5.75. The summed E-state index contributed by atoms with van der Waals surface area (Å²) in [7, 11) is 0. The molecule has 0 N–H and O–H groups in total. The van der Waals surface area contributed by atoms with Crippen LogP contribution < -0.4 is 4.90 Å². The smallest absolute Gasteiger partial charge is 0.372 e. The van der Waals surface area contributed by atoms with Gasteiger partial charge in [0.25, 0.3) is 5.69 Å². The van der Waals surface area contributed by atoms with Gasteiger partial charge in [-0.15, -0.1) is 0 Å². The first kappa shape index (κ1) is 16.5. The summed E-state index contributed by atoms with van der Waals surface area (Å²) in [6.45, 7) is 5.00. The molecule has 0 aliphatic carbocycles. The van der Waals surface area contributed by atoms with Crippen LogP contribution in [0.25, 0.3) is 0 Å². The molecule has 1 aromatic carbocycles. The Balaban J connectivity index is 2.40. The standard InChI is InChI=1S/C14H17F3N2O3/c1-3-13(2)9-18(6-7-22-13)11-5-4-10(14(15,16)17)8-12(11)19(20)21/h4-5,8H,3,6-7,9H2,1-2H3. The van der Waals surface area contributed by atoms with E-state index in [1.54, 1.807) is 4.90 Å². The van der Waals surface area contributed by atoms with E-state index in [4.69, 9.17) is 4.74 Å². The molecule has 0 aromatic heterocycles. The van der Waals surface area contributed by atoms with Gasteiger partial charge in [-0.3, -0.25) is 10.1 Å². The van der Waals surface area contributed by atoms with E-state index in [9.17, 15) is 23.3 Å². The molecule has 1 atom stereocenters. The number of nitro groups is 1. The molecule has 0 saturated carbocycles. The number of nitrogens with zero attached hydrogens (tertiary/aromatic N) is 2. The van der Waals surface area contributed by atoms with Crippen molar-refractivity contribution < 1.29 is 22.8 Å². The molecule has 122 valence electrons. The van der Waals surface area contributed by atoms with E-state index in [1.165, 1.54) is 6.07 Å². The van der Waals surface area contributed by atoms with Gasteiger partial charge in [-0.05, 0) is 25.5 Å². The molecule has 5 nitrogen and oxygen atoms in total. The lowest BCUT2D eigenvalue weighted by Crippen LogP contribution is -2.50. The van der Waals surface area contributed by atoms with E-state index in [0.717, 1.165) is 6.07 Å². The molecule has 1 aromatic rings. The van der Waals surface area contributed by atoms with Crippen molar-refractivity contribution in [2.24, 2.45) is 0 Å². The lowest BCUT2D eigenvalue weighted by atomic mass is 10.00. The lowest BCUT2D eigenvalue weighted by Gasteiger charge is -2.41. The maximum absolute atomic E-state index is 12.7. The van der Waals surface area contributed by atoms with Gasteiger partial charge in [-0.1, -0.05) is 6.92 Å². The number of alkyl halides is 3. The molecule has 1 saturated heterocycles. The summed E-state index contributed by atoms with van der Waals surface area (Å²) in [5.41, 5.74) is -1.82. The second-order valence-corrected chi connectivity index (χ2v) is 5.53. The number of halogens is 3. The third kappa shape index (κ3) is 3.32. The molecule has 1 heterocycles. The fourth-order valence-electron chi connectivity index (χ4n) is 2.46. The first-order chi connectivity index (χ1) is 10.2. The van der Waals surface area contributed by atoms with Crippen LogP contribution >= 0.6 is 0 Å². The van der Waals surface area contributed by atoms with Crippen molar-refractivity contribution in [3.8, 4) is 0 Å². The molecule has 22 heavy (non-hydrogen) atoms. The molecule has 8 heteroatoms. The summed E-state index contributed by atoms with van der Waals surface area (Å²) in [6.07, 6.45) is -3.90. The Hall–Kier alpha value is -1.83. The van der Waals surface area contributed by atoms with Crippen molar-refractivity contribution in [3.05, 3.63) is 33.9 Å². The van der Waals surface area contributed by atoms with Crippen LogP contribution in [0, 0.1) is 10.1 Å². The van der Waals surface area contributed by atoms with Gasteiger partial charge in [0, 0.05) is 19.2 Å². The minimum absolute atomic E-state index is 0.195. The van der Waals surface area contributed by atoms with Crippen molar-refractivity contribution in [3.63, 3.8) is 0 Å². The van der Waals surface area contributed by atoms with Crippen LogP contribution in [-0.2, 0) is 10.9 Å². The Morgan fingerprint density at radius 3 is 2.68 bits per heavy atom. The van der Waals surface area contributed by atoms with Crippen molar-refractivity contribution in [1.82, 2.24) is 0 Å². The first-order valence-electron chi connectivity index (χ1n) is 6.91. The van der Waals surface area contributed by atoms with Crippen LogP contribution in [0.4, 0.5) is 24.5 Å². The number of nitro benzene ring substituents is 1. The van der Waals surface area contributed by atoms with Gasteiger partial charge >= 0.3 is 6.18 Å². The van der Waals surface area contributed by atoms with Gasteiger partial charge in [0.15, 0.2) is 0 Å². The Morgan fingerprint density at radius 2 is 2.14 bits per heavy atom. The highest BCUT2D eigenvalue weighted by molar-refractivity contribution is 5.65. The summed E-state index contributed by atoms with van der Waals surface area (Å²) in [5, 5.41) is 11.2. The van der Waals surface area contributed by atoms with Gasteiger partial charge in [0.05, 0.1) is 22.7 Å². The van der Waals surface area contributed by atoms with Crippen LogP contribution in [0.15, 0.2) is 18.2 Å². The monoisotopic (exact) mass is 318 g/mol. The molecular weight excluding hydrogens is 301 g/mol. The fraction of sp³-hybridized carbons (Fsp3) is 0.571. The second-order valence-electron chi connectivity index (χ2n) is 5.53. The summed E-state index contributed by atoms with van der Waals surface area (Å²) >= 11 is 0. The molecule has 1 unspecified atom stereocenters. The SMILES string of the molecule is CCC1(C)CN(c2ccc(C(F)(F)F)cc2[N+](=O)[O-])CCO1. The van der Waals surface area contributed by atoms with Crippen LogP contribution in [0.3, 0.4) is 0 Å². The number of morpholine rings is 1. The minimum atomic E-state index is -4.60. The highest BCUT2D eigenvalue weighted by atomic mass is 19.4. The minimum Gasteiger partial charge on any atom is -0.372 e. The van der Waals surface area contributed by atoms with Gasteiger partial charge < -0.3 is 9.64 Å². The van der Waals surface area contributed by atoms with Crippen LogP contribution in [0.2, 0.25) is 0 Å². The predicted octanol–water partition coefficient (Wildman–Crippen LogP) is 3.62. The molecule has 2 rings (SSSR count). The molecule has 0 radical (unpaired) electrons. The quantitative estimate of drug-likeness (QED) is 0.631. The van der Waals surface area contributed by atoms with Crippen molar-refractivity contribution in [2.75, 3.05) is 24.6 Å². The van der Waals surface area contributed by atoms with E-state index >= 15 is 0 Å². The Kier molecular flexibility index (Phi) is 4.32. The number of benzene rings is 1. The van der Waals surface area contributed by atoms with Gasteiger partial charge in [-0.2, -0.15) is 13.2 Å². The maximum atomic E-state index is 12.7. The van der Waals surface area contributed by atoms with E-state index in [-0.39, 0.29) is 5.69 Å². The number of hydrogen-bond acceptors (Lipinski definition) is 4. The zero-order valence-electron chi connectivity index (χ0n) is 12.3. The third-order valence-electron chi connectivity index (χ3n) is 3.93. The molecule has 0 bridgehead atoms. The van der Waals surface area contributed by atoms with Crippen LogP contribution in [-0.4, -0.2) is 30.2 Å². The molecule has 0 amide bonds. The topological polar surface area (TPSA) is 55.6 Å². The first-order valence-corrected chi connectivity index (χ1v) is 6.91. The summed E-state index contributed by atoms with van der Waals surface area (Å²) in [6, 6.07) is 2.64. The zero-order chi connectivity index (χ0) is 16.5. The Bertz CT molecular complexity index is 577. The van der Waals surface area contributed by atoms with E-state index in [1.807, 2.05) is 13.8 Å². The fourth-order valence-corrected chi connectivity index (χ4v) is 2.46. The van der Waals surface area contributed by atoms with Crippen LogP contribution in [0.1, 0.15) is 25.8 Å². The van der Waals surface area contributed by atoms with Crippen molar-refractivity contribution >= 4 is 11.4 Å². The number of ether oxygens (including phenoxy) is 1. The largest absolute Gasteiger partial charge is 0.416 e. The maximum Gasteiger partial charge on any atom is 0.416 e. The summed E-state index contributed by atoms with van der Waals surface area (Å²) < 4.78 is 43.8. The highest BCUT2D eigenvalue weighted by Gasteiger charge is 2.36. The van der Waals surface area contributed by atoms with Crippen molar-refractivity contribution in [1.29, 1.82) is 0 Å². The molecule has 0 spiro atoms. The number of hydrogen-bond donors (Lipinski definition) is 0. The van der Waals surface area contributed by atoms with E-state index < -0.39 is 28.0 Å². The number of rotatable bonds is 3. The van der Waals surface area contributed by atoms with Crippen LogP contribution in [0.5, 0.6) is 0 Å². The van der Waals surface area contributed by atoms with Crippen molar-refractivity contribution in [2.45, 2.75) is 32.0 Å². The van der Waals surface area contributed by atoms with Gasteiger partial charge in [-0.25, -0.2) is 0 Å². The number of anilines is 1. The Labute approximate surface area is 125 Å². The van der Waals surface area contributed by atoms with Gasteiger partial charge in [0.2, 0.25) is 0 Å². The average molecular weight is 318 g/mol. The average Bonchev–Trinajstić information content (AvgIpc) is 2.45. The van der Waals surface area contributed by atoms with Gasteiger partial charge in [0.1, 0.15) is 5.69 Å². The zero-order valence-corrected chi connectivity index (χ0v) is 12.3. The molecule has 1 fully saturated rings. The lowest BCUT2D eigenvalue weighted by molar-refractivity contribution is -0.384. The normalized spacial score (nSPS) is 22.7. The van der Waals surface area contributed by atoms with E-state index in [2.05, 4.69) is 0 Å². The summed E-state index contributed by atoms with van der Waals surface area (Å²) in [5.74, 6) is 0. The highest BCUT2D eigenvalue weighted by Crippen LogP contribution is 2.37. The van der Waals surface area contributed by atoms with E-state index in [0.29, 0.717) is 32.2 Å². The Morgan fingerprint density at radius 1 is 1.45 bits per heavy atom. The summed E-state index contributed by atoms with van der Waals surface area (Å²) in [4.78, 5) is 12.1.